The van der Waals surface area contributed by atoms with Gasteiger partial charge in [0.2, 0.25) is 10.0 Å². The van der Waals surface area contributed by atoms with E-state index in [1.54, 1.807) is 0 Å². The van der Waals surface area contributed by atoms with Gasteiger partial charge in [0.15, 0.2) is 0 Å². The van der Waals surface area contributed by atoms with Crippen molar-refractivity contribution in [2.75, 3.05) is 24.2 Å². The van der Waals surface area contributed by atoms with Crippen molar-refractivity contribution < 1.29 is 17.9 Å². The zero-order chi connectivity index (χ0) is 18.9. The number of alkyl carbamates (subject to hydrolysis) is 1. The zero-order valence-corrected chi connectivity index (χ0v) is 15.6. The number of carbonyl (C=O) groups is 1. The first-order valence-electron chi connectivity index (χ1n) is 8.14. The van der Waals surface area contributed by atoms with E-state index in [-0.39, 0.29) is 23.2 Å². The van der Waals surface area contributed by atoms with E-state index >= 15 is 0 Å². The van der Waals surface area contributed by atoms with Crippen molar-refractivity contribution in [3.05, 3.63) is 21.6 Å². The number of carbonyl (C=O) groups excluding carboxylic acids is 1. The van der Waals surface area contributed by atoms with Gasteiger partial charge in [-0.25, -0.2) is 23.0 Å². The lowest BCUT2D eigenvalue weighted by molar-refractivity contribution is 0.0986. The summed E-state index contributed by atoms with van der Waals surface area (Å²) in [5.41, 5.74) is 0.0455. The Hall–Kier alpha value is -1.85. The van der Waals surface area contributed by atoms with Gasteiger partial charge in [-0.15, -0.1) is 0 Å². The molecule has 1 saturated heterocycles. The van der Waals surface area contributed by atoms with E-state index in [9.17, 15) is 18.0 Å². The lowest BCUT2D eigenvalue weighted by Gasteiger charge is -2.35. The van der Waals surface area contributed by atoms with Crippen molar-refractivity contribution >= 4 is 33.4 Å². The third kappa shape index (κ3) is 4.65. The molecule has 1 saturated carbocycles. The van der Waals surface area contributed by atoms with Crippen LogP contribution >= 0.6 is 11.6 Å². The van der Waals surface area contributed by atoms with Crippen LogP contribution in [-0.4, -0.2) is 62.2 Å². The number of nitrogens with zero attached hydrogens (tertiary/aromatic N) is 2. The second-order valence-corrected chi connectivity index (χ2v) is 8.72. The Bertz CT molecular complexity index is 838. The number of aromatic nitrogens is 2. The van der Waals surface area contributed by atoms with Crippen molar-refractivity contribution in [3.8, 4) is 0 Å². The summed E-state index contributed by atoms with van der Waals surface area (Å²) in [7, 11) is -3.23. The summed E-state index contributed by atoms with van der Waals surface area (Å²) in [6.45, 7) is 1.01. The summed E-state index contributed by atoms with van der Waals surface area (Å²) in [5.74, 6) is 0. The van der Waals surface area contributed by atoms with E-state index < -0.39 is 21.7 Å². The van der Waals surface area contributed by atoms with Crippen LogP contribution in [0.5, 0.6) is 0 Å². The van der Waals surface area contributed by atoms with E-state index in [4.69, 9.17) is 16.3 Å². The molecule has 1 aliphatic heterocycles. The summed E-state index contributed by atoms with van der Waals surface area (Å²) in [5, 5.41) is 8.78. The maximum atomic E-state index is 12.0. The van der Waals surface area contributed by atoms with Crippen LogP contribution in [0.4, 0.5) is 10.5 Å². The summed E-state index contributed by atoms with van der Waals surface area (Å²) >= 11 is 5.99. The highest BCUT2D eigenvalue weighted by molar-refractivity contribution is 7.88. The van der Waals surface area contributed by atoms with Crippen LogP contribution in [-0.2, 0) is 14.8 Å². The van der Waals surface area contributed by atoms with Crippen LogP contribution in [0.15, 0.2) is 11.0 Å². The van der Waals surface area contributed by atoms with Gasteiger partial charge in [0.1, 0.15) is 11.1 Å². The average Bonchev–Trinajstić information content (AvgIpc) is 2.94. The number of halogens is 1. The average molecular weight is 406 g/mol. The van der Waals surface area contributed by atoms with Crippen molar-refractivity contribution in [3.63, 3.8) is 0 Å². The zero-order valence-electron chi connectivity index (χ0n) is 14.1. The molecular formula is C14H20ClN5O5S. The van der Waals surface area contributed by atoms with Gasteiger partial charge in [-0.3, -0.25) is 4.79 Å². The molecule has 1 atom stereocenters. The fraction of sp³-hybridized carbons (Fsp3) is 0.643. The van der Waals surface area contributed by atoms with E-state index in [1.807, 2.05) is 4.90 Å². The van der Waals surface area contributed by atoms with Gasteiger partial charge in [0.05, 0.1) is 24.7 Å². The van der Waals surface area contributed by atoms with Crippen LogP contribution in [0.3, 0.4) is 0 Å². The highest BCUT2D eigenvalue weighted by Gasteiger charge is 2.34. The smallest absolute Gasteiger partial charge is 0.407 e. The largest absolute Gasteiger partial charge is 0.444 e. The molecule has 1 amide bonds. The van der Waals surface area contributed by atoms with E-state index in [0.717, 1.165) is 6.26 Å². The first kappa shape index (κ1) is 18.9. The predicted molar refractivity (Wildman–Crippen MR) is 94.9 cm³/mol. The van der Waals surface area contributed by atoms with Crippen LogP contribution in [0.2, 0.25) is 5.02 Å². The third-order valence-corrected chi connectivity index (χ3v) is 5.50. The molecule has 0 unspecified atom stereocenters. The molecular weight excluding hydrogens is 386 g/mol. The second kappa shape index (κ2) is 7.41. The Morgan fingerprint density at radius 1 is 1.42 bits per heavy atom. The number of sulfonamides is 1. The highest BCUT2D eigenvalue weighted by Crippen LogP contribution is 2.26. The molecule has 0 aromatic carbocycles. The molecule has 12 heteroatoms. The Morgan fingerprint density at radius 3 is 2.85 bits per heavy atom. The van der Waals surface area contributed by atoms with Crippen LogP contribution in [0.1, 0.15) is 19.3 Å². The number of nitrogens with one attached hydrogen (secondary N) is 3. The number of H-pyrrole nitrogens is 1. The highest BCUT2D eigenvalue weighted by atomic mass is 35.5. The number of hydrogen-bond acceptors (Lipinski definition) is 7. The minimum atomic E-state index is -3.23. The summed E-state index contributed by atoms with van der Waals surface area (Å²) in [6.07, 6.45) is 3.40. The van der Waals surface area contributed by atoms with E-state index in [0.29, 0.717) is 38.0 Å². The van der Waals surface area contributed by atoms with Gasteiger partial charge < -0.3 is 15.0 Å². The Labute approximate surface area is 155 Å². The summed E-state index contributed by atoms with van der Waals surface area (Å²) in [6, 6.07) is -0.256. The minimum Gasteiger partial charge on any atom is -0.444 e. The molecule has 1 aromatic rings. The Kier molecular flexibility index (Phi) is 5.39. The number of amides is 1. The fourth-order valence-electron chi connectivity index (χ4n) is 3.12. The molecule has 0 spiro atoms. The van der Waals surface area contributed by atoms with Gasteiger partial charge in [-0.05, 0) is 12.8 Å². The molecule has 144 valence electrons. The van der Waals surface area contributed by atoms with Crippen molar-refractivity contribution in [1.29, 1.82) is 0 Å². The van der Waals surface area contributed by atoms with Crippen molar-refractivity contribution in [2.45, 2.75) is 37.5 Å². The molecule has 2 fully saturated rings. The lowest BCUT2D eigenvalue weighted by Crippen LogP contribution is -2.53. The maximum absolute atomic E-state index is 12.0. The number of rotatable bonds is 5. The fourth-order valence-corrected chi connectivity index (χ4v) is 4.13. The van der Waals surface area contributed by atoms with Gasteiger partial charge in [-0.1, -0.05) is 11.6 Å². The van der Waals surface area contributed by atoms with Crippen LogP contribution in [0.25, 0.3) is 0 Å². The molecule has 1 aliphatic carbocycles. The number of hydrogen-bond donors (Lipinski definition) is 3. The van der Waals surface area contributed by atoms with E-state index in [1.165, 1.54) is 6.20 Å². The molecule has 10 nitrogen and oxygen atoms in total. The summed E-state index contributed by atoms with van der Waals surface area (Å²) in [4.78, 5) is 25.3. The topological polar surface area (TPSA) is 133 Å². The quantitative estimate of drug-likeness (QED) is 0.618. The maximum Gasteiger partial charge on any atom is 0.407 e. The van der Waals surface area contributed by atoms with Crippen molar-refractivity contribution in [1.82, 2.24) is 20.2 Å². The molecule has 3 rings (SSSR count). The SMILES string of the molecule is CS(=O)(=O)NC1CC(NC(=O)O[C@@H]2CCN(c3cn[nH]c(=O)c3Cl)C2)C1. The predicted octanol–water partition coefficient (Wildman–Crippen LogP) is -0.192. The Balaban J connectivity index is 1.44. The molecule has 1 aromatic heterocycles. The molecule has 0 radical (unpaired) electrons. The van der Waals surface area contributed by atoms with Gasteiger partial charge in [-0.2, -0.15) is 5.10 Å². The summed E-state index contributed by atoms with van der Waals surface area (Å²) < 4.78 is 30.1. The minimum absolute atomic E-state index is 0.0592. The van der Waals surface area contributed by atoms with Gasteiger partial charge in [0.25, 0.3) is 5.56 Å². The van der Waals surface area contributed by atoms with Crippen molar-refractivity contribution in [2.24, 2.45) is 0 Å². The lowest BCUT2D eigenvalue weighted by atomic mass is 9.88. The first-order valence-corrected chi connectivity index (χ1v) is 10.4. The Morgan fingerprint density at radius 2 is 2.15 bits per heavy atom. The normalized spacial score (nSPS) is 25.6. The van der Waals surface area contributed by atoms with Gasteiger partial charge in [0, 0.05) is 25.0 Å². The van der Waals surface area contributed by atoms with Gasteiger partial charge >= 0.3 is 6.09 Å². The molecule has 0 bridgehead atoms. The monoisotopic (exact) mass is 405 g/mol. The standard InChI is InChI=1S/C14H20ClN5O5S/c1-26(23,24)19-9-4-8(5-9)17-14(22)25-10-2-3-20(7-10)11-6-16-18-13(21)12(11)15/h6,8-10,19H,2-5,7H2,1H3,(H,17,22)(H,18,21)/t8?,9?,10-/m1/s1. The molecule has 2 heterocycles. The second-order valence-electron chi connectivity index (χ2n) is 6.56. The molecule has 3 N–H and O–H groups in total. The number of aromatic amines is 1. The molecule has 26 heavy (non-hydrogen) atoms. The first-order chi connectivity index (χ1) is 12.2. The number of ether oxygens (including phenoxy) is 1. The van der Waals surface area contributed by atoms with E-state index in [2.05, 4.69) is 20.2 Å². The van der Waals surface area contributed by atoms with Crippen LogP contribution < -0.4 is 20.5 Å². The molecule has 2 aliphatic rings. The number of anilines is 1. The third-order valence-electron chi connectivity index (χ3n) is 4.38. The van der Waals surface area contributed by atoms with Crippen LogP contribution in [0, 0.1) is 0 Å².